The molecule has 6 nitrogen and oxygen atoms in total. The lowest BCUT2D eigenvalue weighted by atomic mass is 10.0. The second kappa shape index (κ2) is 7.76. The van der Waals surface area contributed by atoms with Crippen LogP contribution in [0.5, 0.6) is 0 Å². The summed E-state index contributed by atoms with van der Waals surface area (Å²) in [4.78, 5) is 30.6. The lowest BCUT2D eigenvalue weighted by Crippen LogP contribution is -2.54. The second-order valence-corrected chi connectivity index (χ2v) is 7.40. The van der Waals surface area contributed by atoms with Crippen LogP contribution in [0.15, 0.2) is 36.5 Å². The molecule has 12 heteroatoms. The van der Waals surface area contributed by atoms with Gasteiger partial charge in [0.2, 0.25) is 0 Å². The SMILES string of the molecule is O=C1c2ccccc2C(=O)N1Cc1cc(N2CCC(OC(F)(F)F)C(F)(F)C2)ncc1F. The topological polar surface area (TPSA) is 62.7 Å². The highest BCUT2D eigenvalue weighted by Crippen LogP contribution is 2.36. The van der Waals surface area contributed by atoms with Gasteiger partial charge in [0.25, 0.3) is 17.7 Å². The molecule has 2 amide bonds. The standard InChI is InChI=1S/C20H15F6N3O3/c21-14-8-27-16(28-6-5-15(19(22,23)10-28)32-20(24,25)26)7-11(14)9-29-17(30)12-3-1-2-4-13(12)18(29)31/h1-4,7-8,15H,5-6,9-10H2. The van der Waals surface area contributed by atoms with Crippen molar-refractivity contribution < 1.29 is 40.7 Å². The number of anilines is 1. The van der Waals surface area contributed by atoms with E-state index in [0.717, 1.165) is 22.1 Å². The number of halogens is 6. The van der Waals surface area contributed by atoms with E-state index >= 15 is 0 Å². The highest BCUT2D eigenvalue weighted by molar-refractivity contribution is 6.21. The lowest BCUT2D eigenvalue weighted by Gasteiger charge is -2.38. The van der Waals surface area contributed by atoms with Crippen molar-refractivity contribution in [3.63, 3.8) is 0 Å². The number of hydrogen-bond donors (Lipinski definition) is 0. The number of piperidine rings is 1. The highest BCUT2D eigenvalue weighted by atomic mass is 19.4. The van der Waals surface area contributed by atoms with Crippen molar-refractivity contribution in [3.05, 3.63) is 59.0 Å². The van der Waals surface area contributed by atoms with E-state index in [1.165, 1.54) is 12.1 Å². The van der Waals surface area contributed by atoms with Crippen molar-refractivity contribution in [1.29, 1.82) is 0 Å². The molecule has 1 aromatic carbocycles. The molecule has 2 aliphatic rings. The summed E-state index contributed by atoms with van der Waals surface area (Å²) in [5.74, 6) is -6.08. The minimum absolute atomic E-state index is 0.122. The van der Waals surface area contributed by atoms with Gasteiger partial charge in [0.05, 0.1) is 30.4 Å². The first-order valence-corrected chi connectivity index (χ1v) is 9.43. The van der Waals surface area contributed by atoms with Crippen LogP contribution in [0.3, 0.4) is 0 Å². The molecule has 1 unspecified atom stereocenters. The minimum atomic E-state index is -5.20. The number of carbonyl (C=O) groups is 2. The summed E-state index contributed by atoms with van der Waals surface area (Å²) in [5, 5.41) is 0. The van der Waals surface area contributed by atoms with E-state index in [1.54, 1.807) is 12.1 Å². The summed E-state index contributed by atoms with van der Waals surface area (Å²) in [6, 6.07) is 7.16. The summed E-state index contributed by atoms with van der Waals surface area (Å²) >= 11 is 0. The molecule has 0 spiro atoms. The van der Waals surface area contributed by atoms with Crippen LogP contribution in [0.1, 0.15) is 32.7 Å². The van der Waals surface area contributed by atoms with Crippen molar-refractivity contribution >= 4 is 17.6 Å². The average Bonchev–Trinajstić information content (AvgIpc) is 2.95. The van der Waals surface area contributed by atoms with E-state index in [-0.39, 0.29) is 29.1 Å². The molecule has 1 atom stereocenters. The number of pyridine rings is 1. The molecular formula is C20H15F6N3O3. The third-order valence-corrected chi connectivity index (χ3v) is 5.26. The van der Waals surface area contributed by atoms with Gasteiger partial charge in [-0.3, -0.25) is 19.2 Å². The van der Waals surface area contributed by atoms with Gasteiger partial charge in [0.1, 0.15) is 17.7 Å². The van der Waals surface area contributed by atoms with Crippen LogP contribution < -0.4 is 4.90 Å². The molecule has 1 saturated heterocycles. The number of fused-ring (bicyclic) bond motifs is 1. The number of ether oxygens (including phenoxy) is 1. The van der Waals surface area contributed by atoms with E-state index in [4.69, 9.17) is 0 Å². The lowest BCUT2D eigenvalue weighted by molar-refractivity contribution is -0.366. The Kier molecular flexibility index (Phi) is 5.35. The van der Waals surface area contributed by atoms with E-state index < -0.39 is 55.5 Å². The molecular weight excluding hydrogens is 444 g/mol. The Bertz CT molecular complexity index is 1040. The van der Waals surface area contributed by atoms with Crippen LogP contribution in [0, 0.1) is 5.82 Å². The van der Waals surface area contributed by atoms with Gasteiger partial charge in [-0.25, -0.2) is 18.2 Å². The fourth-order valence-electron chi connectivity index (χ4n) is 3.74. The van der Waals surface area contributed by atoms with Crippen molar-refractivity contribution in [2.75, 3.05) is 18.0 Å². The number of alkyl halides is 5. The van der Waals surface area contributed by atoms with E-state index in [9.17, 15) is 35.9 Å². The molecule has 32 heavy (non-hydrogen) atoms. The molecule has 0 N–H and O–H groups in total. The van der Waals surface area contributed by atoms with Crippen LogP contribution in [-0.2, 0) is 11.3 Å². The largest absolute Gasteiger partial charge is 0.522 e. The fourth-order valence-corrected chi connectivity index (χ4v) is 3.74. The maximum Gasteiger partial charge on any atom is 0.522 e. The summed E-state index contributed by atoms with van der Waals surface area (Å²) < 4.78 is 83.5. The maximum atomic E-state index is 14.3. The number of benzene rings is 1. The molecule has 1 aromatic heterocycles. The molecule has 2 aliphatic heterocycles. The van der Waals surface area contributed by atoms with Gasteiger partial charge in [-0.1, -0.05) is 12.1 Å². The first kappa shape index (κ1) is 22.1. The average molecular weight is 459 g/mol. The van der Waals surface area contributed by atoms with Crippen LogP contribution in [0.25, 0.3) is 0 Å². The Hall–Kier alpha value is -3.15. The summed E-state index contributed by atoms with van der Waals surface area (Å²) in [6.45, 7) is -1.84. The Morgan fingerprint density at radius 1 is 1.12 bits per heavy atom. The monoisotopic (exact) mass is 459 g/mol. The zero-order chi connectivity index (χ0) is 23.3. The predicted molar refractivity (Wildman–Crippen MR) is 97.5 cm³/mol. The van der Waals surface area contributed by atoms with Crippen LogP contribution in [0.2, 0.25) is 0 Å². The van der Waals surface area contributed by atoms with Gasteiger partial charge in [0.15, 0.2) is 0 Å². The van der Waals surface area contributed by atoms with Crippen LogP contribution in [-0.4, -0.2) is 53.2 Å². The third kappa shape index (κ3) is 4.14. The molecule has 0 radical (unpaired) electrons. The molecule has 170 valence electrons. The molecule has 3 heterocycles. The summed E-state index contributed by atoms with van der Waals surface area (Å²) in [7, 11) is 0. The minimum Gasteiger partial charge on any atom is -0.350 e. The predicted octanol–water partition coefficient (Wildman–Crippen LogP) is 3.77. The Labute approximate surface area is 177 Å². The third-order valence-electron chi connectivity index (χ3n) is 5.26. The van der Waals surface area contributed by atoms with Gasteiger partial charge in [0, 0.05) is 12.1 Å². The summed E-state index contributed by atoms with van der Waals surface area (Å²) in [6.07, 6.45) is -7.44. The van der Waals surface area contributed by atoms with Gasteiger partial charge in [-0.2, -0.15) is 0 Å². The van der Waals surface area contributed by atoms with Gasteiger partial charge < -0.3 is 4.90 Å². The number of nitrogens with zero attached hydrogens (tertiary/aromatic N) is 3. The quantitative estimate of drug-likeness (QED) is 0.515. The first-order valence-electron chi connectivity index (χ1n) is 9.43. The Morgan fingerprint density at radius 3 is 2.31 bits per heavy atom. The van der Waals surface area contributed by atoms with Crippen molar-refractivity contribution in [1.82, 2.24) is 9.88 Å². The molecule has 0 saturated carbocycles. The molecule has 2 aromatic rings. The van der Waals surface area contributed by atoms with Gasteiger partial charge in [-0.05, 0) is 24.6 Å². The maximum absolute atomic E-state index is 14.3. The summed E-state index contributed by atoms with van der Waals surface area (Å²) in [5.41, 5.74) is 0.179. The van der Waals surface area contributed by atoms with Crippen LogP contribution >= 0.6 is 0 Å². The van der Waals surface area contributed by atoms with E-state index in [1.807, 2.05) is 0 Å². The first-order chi connectivity index (χ1) is 15.0. The number of rotatable bonds is 4. The smallest absolute Gasteiger partial charge is 0.350 e. The zero-order valence-electron chi connectivity index (χ0n) is 16.2. The van der Waals surface area contributed by atoms with E-state index in [2.05, 4.69) is 9.72 Å². The van der Waals surface area contributed by atoms with Gasteiger partial charge >= 0.3 is 6.36 Å². The number of carbonyl (C=O) groups excluding carboxylic acids is 2. The van der Waals surface area contributed by atoms with E-state index in [0.29, 0.717) is 0 Å². The van der Waals surface area contributed by atoms with Crippen molar-refractivity contribution in [2.24, 2.45) is 0 Å². The Balaban J connectivity index is 1.53. The molecule has 0 bridgehead atoms. The number of hydrogen-bond acceptors (Lipinski definition) is 5. The fraction of sp³-hybridized carbons (Fsp3) is 0.350. The van der Waals surface area contributed by atoms with Gasteiger partial charge in [-0.15, -0.1) is 13.2 Å². The van der Waals surface area contributed by atoms with Crippen LogP contribution in [0.4, 0.5) is 32.2 Å². The molecule has 1 fully saturated rings. The highest BCUT2D eigenvalue weighted by Gasteiger charge is 2.50. The zero-order valence-corrected chi connectivity index (χ0v) is 16.2. The number of aromatic nitrogens is 1. The van der Waals surface area contributed by atoms with Crippen molar-refractivity contribution in [3.8, 4) is 0 Å². The number of imide groups is 1. The molecule has 4 rings (SSSR count). The number of amides is 2. The van der Waals surface area contributed by atoms with Crippen molar-refractivity contribution in [2.45, 2.75) is 31.4 Å². The second-order valence-electron chi connectivity index (χ2n) is 7.40. The Morgan fingerprint density at radius 2 is 1.75 bits per heavy atom. The molecule has 0 aliphatic carbocycles. The normalized spacial score (nSPS) is 20.6.